The minimum atomic E-state index is -0.578. The lowest BCUT2D eigenvalue weighted by atomic mass is 9.77. The molecule has 0 aliphatic carbocycles. The molecule has 1 rings (SSSR count). The monoisotopic (exact) mass is 380 g/mol. The molecular weight excluding hydrogens is 348 g/mol. The second kappa shape index (κ2) is 12.5. The van der Waals surface area contributed by atoms with Gasteiger partial charge in [0.2, 0.25) is 0 Å². The van der Waals surface area contributed by atoms with Crippen molar-refractivity contribution in [2.45, 2.75) is 46.0 Å². The Morgan fingerprint density at radius 2 is 1.78 bits per heavy atom. The number of rotatable bonds is 13. The summed E-state index contributed by atoms with van der Waals surface area (Å²) in [5.41, 5.74) is 0.753. The predicted molar refractivity (Wildman–Crippen MR) is 102 cm³/mol. The predicted octanol–water partition coefficient (Wildman–Crippen LogP) is 2.48. The molecule has 0 aromatic heterocycles. The van der Waals surface area contributed by atoms with Crippen LogP contribution in [0.25, 0.3) is 0 Å². The normalized spacial score (nSPS) is 14.4. The van der Waals surface area contributed by atoms with Crippen LogP contribution in [0, 0.1) is 17.8 Å². The van der Waals surface area contributed by atoms with E-state index < -0.39 is 11.9 Å². The topological polar surface area (TPSA) is 104 Å². The fourth-order valence-corrected chi connectivity index (χ4v) is 3.34. The number of ether oxygens (including phenoxy) is 1. The van der Waals surface area contributed by atoms with Gasteiger partial charge in [-0.2, -0.15) is 0 Å². The van der Waals surface area contributed by atoms with Gasteiger partial charge in [-0.15, -0.1) is 0 Å². The summed E-state index contributed by atoms with van der Waals surface area (Å²) >= 11 is 0. The molecule has 0 bridgehead atoms. The molecule has 0 fully saturated rings. The van der Waals surface area contributed by atoms with E-state index in [0.717, 1.165) is 12.0 Å². The number of phenols is 1. The zero-order valence-electron chi connectivity index (χ0n) is 16.3. The zero-order valence-corrected chi connectivity index (χ0v) is 16.3. The van der Waals surface area contributed by atoms with Crippen LogP contribution in [0.3, 0.4) is 0 Å². The maximum atomic E-state index is 13.0. The van der Waals surface area contributed by atoms with E-state index in [4.69, 9.17) is 4.74 Å². The van der Waals surface area contributed by atoms with Crippen molar-refractivity contribution in [3.05, 3.63) is 29.8 Å². The molecule has 1 aromatic carbocycles. The van der Waals surface area contributed by atoms with Gasteiger partial charge in [0.15, 0.2) is 0 Å². The van der Waals surface area contributed by atoms with Gasteiger partial charge < -0.3 is 20.1 Å². The maximum absolute atomic E-state index is 13.0. The number of Topliss-reactive ketones (excluding diaryl/α,β-unsaturated/α-hetero) is 1. The quantitative estimate of drug-likeness (QED) is 0.454. The number of hydrogen-bond acceptors (Lipinski definition) is 6. The van der Waals surface area contributed by atoms with Crippen molar-refractivity contribution < 1.29 is 29.6 Å². The first-order valence-electron chi connectivity index (χ1n) is 9.62. The van der Waals surface area contributed by atoms with Gasteiger partial charge in [0.25, 0.3) is 0 Å². The number of esters is 1. The first kappa shape index (κ1) is 23.1. The molecular formula is C21H32O6. The summed E-state index contributed by atoms with van der Waals surface area (Å²) in [6, 6.07) is 6.40. The molecule has 0 heterocycles. The van der Waals surface area contributed by atoms with E-state index in [1.54, 1.807) is 19.1 Å². The number of carbonyl (C=O) groups is 2. The summed E-state index contributed by atoms with van der Waals surface area (Å²) in [5.74, 6) is -1.16. The van der Waals surface area contributed by atoms with Crippen LogP contribution >= 0.6 is 0 Å². The van der Waals surface area contributed by atoms with Crippen LogP contribution in [-0.4, -0.2) is 46.9 Å². The van der Waals surface area contributed by atoms with Gasteiger partial charge in [-0.1, -0.05) is 25.5 Å². The van der Waals surface area contributed by atoms with Crippen LogP contribution in [0.15, 0.2) is 24.3 Å². The third-order valence-electron chi connectivity index (χ3n) is 4.96. The van der Waals surface area contributed by atoms with Crippen LogP contribution in [-0.2, 0) is 20.7 Å². The number of benzene rings is 1. The third kappa shape index (κ3) is 8.10. The van der Waals surface area contributed by atoms with Gasteiger partial charge in [0.05, 0.1) is 13.0 Å². The second-order valence-corrected chi connectivity index (χ2v) is 6.89. The fraction of sp³-hybridized carbons (Fsp3) is 0.619. The Kier molecular flexibility index (Phi) is 10.7. The largest absolute Gasteiger partial charge is 0.508 e. The van der Waals surface area contributed by atoms with Crippen molar-refractivity contribution in [2.75, 3.05) is 19.8 Å². The molecule has 0 saturated carbocycles. The Balaban J connectivity index is 3.00. The highest BCUT2D eigenvalue weighted by atomic mass is 16.5. The smallest absolute Gasteiger partial charge is 0.306 e. The molecule has 0 radical (unpaired) electrons. The minimum absolute atomic E-state index is 0.0106. The average Bonchev–Trinajstić information content (AvgIpc) is 2.65. The van der Waals surface area contributed by atoms with Crippen LogP contribution < -0.4 is 0 Å². The molecule has 0 aliphatic rings. The molecule has 0 saturated heterocycles. The first-order chi connectivity index (χ1) is 12.9. The minimum Gasteiger partial charge on any atom is -0.508 e. The van der Waals surface area contributed by atoms with Crippen LogP contribution in [0.4, 0.5) is 0 Å². The van der Waals surface area contributed by atoms with Crippen molar-refractivity contribution >= 4 is 11.8 Å². The van der Waals surface area contributed by atoms with Gasteiger partial charge in [-0.3, -0.25) is 9.59 Å². The number of carbonyl (C=O) groups excluding carboxylic acids is 2. The number of aliphatic hydroxyl groups excluding tert-OH is 2. The highest BCUT2D eigenvalue weighted by Crippen LogP contribution is 2.30. The number of phenolic OH excluding ortho intramolecular Hbond substituents is 1. The molecule has 3 atom stereocenters. The highest BCUT2D eigenvalue weighted by Gasteiger charge is 2.32. The molecule has 0 spiro atoms. The van der Waals surface area contributed by atoms with Gasteiger partial charge in [-0.25, -0.2) is 0 Å². The van der Waals surface area contributed by atoms with Crippen LogP contribution in [0.2, 0.25) is 0 Å². The van der Waals surface area contributed by atoms with E-state index in [9.17, 15) is 24.9 Å². The number of ketones is 1. The molecule has 0 amide bonds. The molecule has 3 unspecified atom stereocenters. The lowest BCUT2D eigenvalue weighted by molar-refractivity contribution is -0.147. The summed E-state index contributed by atoms with van der Waals surface area (Å²) < 4.78 is 5.04. The second-order valence-electron chi connectivity index (χ2n) is 6.89. The summed E-state index contributed by atoms with van der Waals surface area (Å²) in [5, 5.41) is 28.4. The van der Waals surface area contributed by atoms with Crippen LogP contribution in [0.5, 0.6) is 5.75 Å². The van der Waals surface area contributed by atoms with E-state index in [-0.39, 0.29) is 56.0 Å². The van der Waals surface area contributed by atoms with Gasteiger partial charge in [0, 0.05) is 25.6 Å². The Hall–Kier alpha value is -1.92. The molecule has 6 nitrogen and oxygen atoms in total. The SMILES string of the molecule is CCOC(=O)CC(C(=O)Cc1ccc(O)cc1)C(CCO)CC(CC)CO. The number of aliphatic hydroxyl groups is 2. The molecule has 0 aliphatic heterocycles. The van der Waals surface area contributed by atoms with Gasteiger partial charge >= 0.3 is 5.97 Å². The van der Waals surface area contributed by atoms with E-state index in [0.29, 0.717) is 12.8 Å². The van der Waals surface area contributed by atoms with Gasteiger partial charge in [0.1, 0.15) is 11.5 Å². The number of aromatic hydroxyl groups is 1. The van der Waals surface area contributed by atoms with Crippen molar-refractivity contribution in [3.63, 3.8) is 0 Å². The zero-order chi connectivity index (χ0) is 20.2. The van der Waals surface area contributed by atoms with Crippen LogP contribution in [0.1, 0.15) is 45.1 Å². The summed E-state index contributed by atoms with van der Waals surface area (Å²) in [7, 11) is 0. The fourth-order valence-electron chi connectivity index (χ4n) is 3.34. The number of hydrogen-bond donors (Lipinski definition) is 3. The van der Waals surface area contributed by atoms with E-state index >= 15 is 0 Å². The Labute approximate surface area is 161 Å². The Morgan fingerprint density at radius 1 is 1.11 bits per heavy atom. The summed E-state index contributed by atoms with van der Waals surface area (Å²) in [6.07, 6.45) is 1.83. The maximum Gasteiger partial charge on any atom is 0.306 e. The van der Waals surface area contributed by atoms with E-state index in [1.807, 2.05) is 6.92 Å². The molecule has 152 valence electrons. The third-order valence-corrected chi connectivity index (χ3v) is 4.96. The molecule has 6 heteroatoms. The Bertz CT molecular complexity index is 565. The summed E-state index contributed by atoms with van der Waals surface area (Å²) in [6.45, 7) is 3.86. The summed E-state index contributed by atoms with van der Waals surface area (Å²) in [4.78, 5) is 25.1. The van der Waals surface area contributed by atoms with Crippen molar-refractivity contribution in [1.82, 2.24) is 0 Å². The molecule has 3 N–H and O–H groups in total. The van der Waals surface area contributed by atoms with E-state index in [1.165, 1.54) is 12.1 Å². The molecule has 1 aromatic rings. The van der Waals surface area contributed by atoms with Crippen molar-refractivity contribution in [2.24, 2.45) is 17.8 Å². The van der Waals surface area contributed by atoms with Crippen molar-refractivity contribution in [3.8, 4) is 5.75 Å². The average molecular weight is 380 g/mol. The first-order valence-corrected chi connectivity index (χ1v) is 9.62. The molecule has 27 heavy (non-hydrogen) atoms. The standard InChI is InChI=1S/C21H32O6/c1-3-15(14-23)11-17(9-10-22)19(13-21(26)27-4-2)20(25)12-16-5-7-18(24)8-6-16/h5-8,15,17,19,22-24H,3-4,9-14H2,1-2H3. The Morgan fingerprint density at radius 3 is 2.30 bits per heavy atom. The lowest BCUT2D eigenvalue weighted by Crippen LogP contribution is -2.31. The van der Waals surface area contributed by atoms with Crippen molar-refractivity contribution in [1.29, 1.82) is 0 Å². The van der Waals surface area contributed by atoms with E-state index in [2.05, 4.69) is 0 Å². The highest BCUT2D eigenvalue weighted by molar-refractivity contribution is 5.87. The lowest BCUT2D eigenvalue weighted by Gasteiger charge is -2.28. The van der Waals surface area contributed by atoms with Gasteiger partial charge in [-0.05, 0) is 49.3 Å².